The molecule has 0 spiro atoms. The Hall–Kier alpha value is -1.43. The lowest BCUT2D eigenvalue weighted by molar-refractivity contribution is -0.137. The number of aliphatic carboxylic acids is 1. The number of carbonyl (C=O) groups excluding carboxylic acids is 1. The standard InChI is InChI=1S/C8H10N2O3S/c1-5(11)9-8-10-6(4-14-8)2-3-7(12)13/h4H,2-3H2,1H3,(H,12,13)(H,9,10,11). The summed E-state index contributed by atoms with van der Waals surface area (Å²) in [6.07, 6.45) is 0.453. The Morgan fingerprint density at radius 1 is 1.64 bits per heavy atom. The van der Waals surface area contributed by atoms with Crippen LogP contribution in [0.25, 0.3) is 0 Å². The van der Waals surface area contributed by atoms with Crippen LogP contribution in [0.15, 0.2) is 5.38 Å². The van der Waals surface area contributed by atoms with Crippen LogP contribution in [0, 0.1) is 0 Å². The molecule has 76 valence electrons. The monoisotopic (exact) mass is 214 g/mol. The molecule has 2 N–H and O–H groups in total. The Morgan fingerprint density at radius 2 is 2.36 bits per heavy atom. The first-order valence-electron chi connectivity index (χ1n) is 4.01. The quantitative estimate of drug-likeness (QED) is 0.787. The van der Waals surface area contributed by atoms with Gasteiger partial charge in [0.2, 0.25) is 5.91 Å². The van der Waals surface area contributed by atoms with Crippen LogP contribution in [0.5, 0.6) is 0 Å². The van der Waals surface area contributed by atoms with Crippen LogP contribution in [0.2, 0.25) is 0 Å². The van der Waals surface area contributed by atoms with E-state index in [0.29, 0.717) is 17.2 Å². The molecule has 0 aromatic carbocycles. The first kappa shape index (κ1) is 10.6. The van der Waals surface area contributed by atoms with Crippen LogP contribution < -0.4 is 5.32 Å². The molecule has 0 aliphatic carbocycles. The van der Waals surface area contributed by atoms with Crippen LogP contribution in [-0.4, -0.2) is 22.0 Å². The fourth-order valence-electron chi connectivity index (χ4n) is 0.865. The minimum absolute atomic E-state index is 0.0588. The van der Waals surface area contributed by atoms with Gasteiger partial charge < -0.3 is 10.4 Å². The van der Waals surface area contributed by atoms with Crippen LogP contribution in [0.3, 0.4) is 0 Å². The van der Waals surface area contributed by atoms with Gasteiger partial charge in [0.1, 0.15) is 0 Å². The van der Waals surface area contributed by atoms with Crippen LogP contribution in [0.4, 0.5) is 5.13 Å². The first-order valence-corrected chi connectivity index (χ1v) is 4.89. The number of rotatable bonds is 4. The van der Waals surface area contributed by atoms with Gasteiger partial charge in [-0.15, -0.1) is 11.3 Å². The maximum atomic E-state index is 10.6. The van der Waals surface area contributed by atoms with Crippen molar-refractivity contribution in [1.29, 1.82) is 0 Å². The van der Waals surface area contributed by atoms with Crippen molar-refractivity contribution in [3.63, 3.8) is 0 Å². The van der Waals surface area contributed by atoms with Gasteiger partial charge in [0.15, 0.2) is 5.13 Å². The smallest absolute Gasteiger partial charge is 0.303 e. The summed E-state index contributed by atoms with van der Waals surface area (Å²) in [5.74, 6) is -1.02. The number of carboxylic acids is 1. The van der Waals surface area contributed by atoms with E-state index in [1.54, 1.807) is 5.38 Å². The maximum absolute atomic E-state index is 10.6. The molecule has 1 aromatic rings. The highest BCUT2D eigenvalue weighted by atomic mass is 32.1. The number of hydrogen-bond acceptors (Lipinski definition) is 4. The minimum atomic E-state index is -0.848. The molecule has 5 nitrogen and oxygen atoms in total. The average molecular weight is 214 g/mol. The van der Waals surface area contributed by atoms with Crippen molar-refractivity contribution >= 4 is 28.3 Å². The predicted molar refractivity (Wildman–Crippen MR) is 52.4 cm³/mol. The molecule has 0 radical (unpaired) electrons. The van der Waals surface area contributed by atoms with Gasteiger partial charge in [-0.1, -0.05) is 0 Å². The lowest BCUT2D eigenvalue weighted by Crippen LogP contribution is -2.05. The lowest BCUT2D eigenvalue weighted by Gasteiger charge is -1.93. The molecule has 0 unspecified atom stereocenters. The summed E-state index contributed by atoms with van der Waals surface area (Å²) in [5.41, 5.74) is 0.696. The molecule has 0 atom stereocenters. The fourth-order valence-corrected chi connectivity index (χ4v) is 1.66. The van der Waals surface area contributed by atoms with Crippen molar-refractivity contribution < 1.29 is 14.7 Å². The Morgan fingerprint density at radius 3 is 2.93 bits per heavy atom. The Kier molecular flexibility index (Phi) is 3.58. The number of carbonyl (C=O) groups is 2. The first-order chi connectivity index (χ1) is 6.58. The average Bonchev–Trinajstić information content (AvgIpc) is 2.47. The number of hydrogen-bond donors (Lipinski definition) is 2. The molecule has 1 heterocycles. The number of anilines is 1. The van der Waals surface area contributed by atoms with Crippen molar-refractivity contribution in [2.75, 3.05) is 5.32 Å². The molecule has 6 heteroatoms. The van der Waals surface area contributed by atoms with Crippen molar-refractivity contribution in [2.24, 2.45) is 0 Å². The second kappa shape index (κ2) is 4.71. The van der Waals surface area contributed by atoms with E-state index >= 15 is 0 Å². The molecular formula is C8H10N2O3S. The third kappa shape index (κ3) is 3.53. The summed E-state index contributed by atoms with van der Waals surface area (Å²) in [6.45, 7) is 1.40. The molecule has 0 fully saturated rings. The molecule has 14 heavy (non-hydrogen) atoms. The zero-order chi connectivity index (χ0) is 10.6. The van der Waals surface area contributed by atoms with E-state index in [1.807, 2.05) is 0 Å². The van der Waals surface area contributed by atoms with Crippen LogP contribution in [-0.2, 0) is 16.0 Å². The molecule has 0 saturated heterocycles. The Bertz CT molecular complexity index is 348. The normalized spacial score (nSPS) is 9.79. The summed E-state index contributed by atoms with van der Waals surface area (Å²) in [4.78, 5) is 25.0. The van der Waals surface area contributed by atoms with E-state index < -0.39 is 5.97 Å². The van der Waals surface area contributed by atoms with Gasteiger partial charge in [-0.2, -0.15) is 0 Å². The molecule has 0 aliphatic heterocycles. The topological polar surface area (TPSA) is 79.3 Å². The van der Waals surface area contributed by atoms with Gasteiger partial charge >= 0.3 is 5.97 Å². The number of aryl methyl sites for hydroxylation is 1. The highest BCUT2D eigenvalue weighted by Crippen LogP contribution is 2.16. The van der Waals surface area contributed by atoms with E-state index in [4.69, 9.17) is 5.11 Å². The third-order valence-corrected chi connectivity index (χ3v) is 2.24. The van der Waals surface area contributed by atoms with Crippen molar-refractivity contribution in [3.8, 4) is 0 Å². The highest BCUT2D eigenvalue weighted by Gasteiger charge is 2.05. The largest absolute Gasteiger partial charge is 0.481 e. The van der Waals surface area contributed by atoms with Gasteiger partial charge in [-0.3, -0.25) is 9.59 Å². The second-order valence-corrected chi connectivity index (χ2v) is 3.58. The maximum Gasteiger partial charge on any atom is 0.303 e. The number of nitrogens with one attached hydrogen (secondary N) is 1. The fraction of sp³-hybridized carbons (Fsp3) is 0.375. The zero-order valence-electron chi connectivity index (χ0n) is 7.61. The lowest BCUT2D eigenvalue weighted by atomic mass is 10.2. The van der Waals surface area contributed by atoms with Gasteiger partial charge in [-0.25, -0.2) is 4.98 Å². The molecular weight excluding hydrogens is 204 g/mol. The van der Waals surface area contributed by atoms with Crippen molar-refractivity contribution in [3.05, 3.63) is 11.1 Å². The number of amides is 1. The van der Waals surface area contributed by atoms with Gasteiger partial charge in [-0.05, 0) is 0 Å². The van der Waals surface area contributed by atoms with E-state index in [2.05, 4.69) is 10.3 Å². The zero-order valence-corrected chi connectivity index (χ0v) is 8.43. The Balaban J connectivity index is 2.50. The highest BCUT2D eigenvalue weighted by molar-refractivity contribution is 7.13. The molecule has 0 saturated carbocycles. The summed E-state index contributed by atoms with van der Waals surface area (Å²) < 4.78 is 0. The third-order valence-electron chi connectivity index (χ3n) is 1.43. The molecule has 0 aliphatic rings. The Labute approximate surface area is 84.8 Å². The predicted octanol–water partition coefficient (Wildman–Crippen LogP) is 1.12. The SMILES string of the molecule is CC(=O)Nc1nc(CCC(=O)O)cs1. The summed E-state index contributed by atoms with van der Waals surface area (Å²) in [7, 11) is 0. The second-order valence-electron chi connectivity index (χ2n) is 2.72. The summed E-state index contributed by atoms with van der Waals surface area (Å²) in [6, 6.07) is 0. The van der Waals surface area contributed by atoms with Gasteiger partial charge in [0.05, 0.1) is 12.1 Å². The van der Waals surface area contributed by atoms with Crippen LogP contribution in [0.1, 0.15) is 19.0 Å². The van der Waals surface area contributed by atoms with Gasteiger partial charge in [0.25, 0.3) is 0 Å². The number of thiazole rings is 1. The molecule has 1 amide bonds. The van der Waals surface area contributed by atoms with E-state index in [-0.39, 0.29) is 12.3 Å². The number of carboxylic acid groups (broad SMARTS) is 1. The van der Waals surface area contributed by atoms with Crippen LogP contribution >= 0.6 is 11.3 Å². The number of aromatic nitrogens is 1. The minimum Gasteiger partial charge on any atom is -0.481 e. The molecule has 1 aromatic heterocycles. The molecule has 0 bridgehead atoms. The van der Waals surface area contributed by atoms with Gasteiger partial charge in [0, 0.05) is 18.7 Å². The van der Waals surface area contributed by atoms with E-state index in [9.17, 15) is 9.59 Å². The van der Waals surface area contributed by atoms with Crippen molar-refractivity contribution in [2.45, 2.75) is 19.8 Å². The summed E-state index contributed by atoms with van der Waals surface area (Å²) in [5, 5.41) is 13.2. The van der Waals surface area contributed by atoms with Crippen molar-refractivity contribution in [1.82, 2.24) is 4.98 Å². The summed E-state index contributed by atoms with van der Waals surface area (Å²) >= 11 is 1.29. The number of nitrogens with zero attached hydrogens (tertiary/aromatic N) is 1. The molecule has 1 rings (SSSR count). The van der Waals surface area contributed by atoms with E-state index in [0.717, 1.165) is 0 Å². The van der Waals surface area contributed by atoms with E-state index in [1.165, 1.54) is 18.3 Å².